The lowest BCUT2D eigenvalue weighted by Gasteiger charge is -2.26. The first-order valence-corrected chi connectivity index (χ1v) is 8.54. The smallest absolute Gasteiger partial charge is 0.229 e. The summed E-state index contributed by atoms with van der Waals surface area (Å²) in [6, 6.07) is 5.66. The second-order valence-corrected chi connectivity index (χ2v) is 7.36. The fraction of sp³-hybridized carbons (Fsp3) is 0.312. The number of anilines is 2. The first-order valence-electron chi connectivity index (χ1n) is 7.32. The number of hydrogen-bond acceptors (Lipinski definition) is 4. The van der Waals surface area contributed by atoms with Gasteiger partial charge in [0.2, 0.25) is 11.8 Å². The van der Waals surface area contributed by atoms with Gasteiger partial charge in [-0.15, -0.1) is 11.3 Å². The van der Waals surface area contributed by atoms with Crippen LogP contribution in [-0.4, -0.2) is 23.8 Å². The highest BCUT2D eigenvalue weighted by molar-refractivity contribution is 7.73. The molecule has 23 heavy (non-hydrogen) atoms. The first kappa shape index (κ1) is 15.9. The molecule has 2 amide bonds. The van der Waals surface area contributed by atoms with E-state index in [0.29, 0.717) is 23.2 Å². The molecule has 1 aromatic carbocycles. The number of fused-ring (bicyclic) bond motifs is 1. The molecule has 3 rings (SSSR count). The third-order valence-corrected chi connectivity index (χ3v) is 5.29. The van der Waals surface area contributed by atoms with Gasteiger partial charge in [-0.3, -0.25) is 9.59 Å². The first-order chi connectivity index (χ1) is 10.9. The number of H-pyrrole nitrogens is 1. The van der Waals surface area contributed by atoms with Gasteiger partial charge < -0.3 is 15.2 Å². The zero-order chi connectivity index (χ0) is 16.6. The highest BCUT2D eigenvalue weighted by Crippen LogP contribution is 2.29. The predicted octanol–water partition coefficient (Wildman–Crippen LogP) is 3.20. The van der Waals surface area contributed by atoms with E-state index >= 15 is 0 Å². The van der Waals surface area contributed by atoms with Gasteiger partial charge in [0.1, 0.15) is 0 Å². The van der Waals surface area contributed by atoms with Gasteiger partial charge in [0.15, 0.2) is 3.95 Å². The molecule has 0 aliphatic carbocycles. The van der Waals surface area contributed by atoms with Crippen LogP contribution in [0.1, 0.15) is 22.6 Å². The Kier molecular flexibility index (Phi) is 4.32. The van der Waals surface area contributed by atoms with Crippen molar-refractivity contribution in [2.75, 3.05) is 17.3 Å². The molecule has 0 bridgehead atoms. The van der Waals surface area contributed by atoms with Crippen LogP contribution in [0.25, 0.3) is 0 Å². The van der Waals surface area contributed by atoms with E-state index in [9.17, 15) is 9.59 Å². The average molecular weight is 347 g/mol. The highest BCUT2D eigenvalue weighted by Gasteiger charge is 2.21. The summed E-state index contributed by atoms with van der Waals surface area (Å²) in [5, 5.41) is 2.92. The van der Waals surface area contributed by atoms with Gasteiger partial charge in [-0.2, -0.15) is 0 Å². The van der Waals surface area contributed by atoms with Crippen molar-refractivity contribution in [2.24, 2.45) is 0 Å². The number of nitrogens with zero attached hydrogens (tertiary/aromatic N) is 1. The van der Waals surface area contributed by atoms with E-state index in [0.717, 1.165) is 27.5 Å². The molecule has 2 N–H and O–H groups in total. The molecule has 0 unspecified atom stereocenters. The lowest BCUT2D eigenvalue weighted by molar-refractivity contribution is -0.118. The maximum Gasteiger partial charge on any atom is 0.229 e. The van der Waals surface area contributed by atoms with Crippen molar-refractivity contribution in [1.82, 2.24) is 4.98 Å². The van der Waals surface area contributed by atoms with Crippen molar-refractivity contribution in [3.8, 4) is 0 Å². The predicted molar refractivity (Wildman–Crippen MR) is 94.7 cm³/mol. The van der Waals surface area contributed by atoms with E-state index in [1.807, 2.05) is 25.1 Å². The minimum Gasteiger partial charge on any atom is -0.341 e. The van der Waals surface area contributed by atoms with Crippen molar-refractivity contribution in [3.63, 3.8) is 0 Å². The van der Waals surface area contributed by atoms with E-state index in [1.54, 1.807) is 11.9 Å². The maximum atomic E-state index is 12.2. The van der Waals surface area contributed by atoms with Crippen LogP contribution >= 0.6 is 23.6 Å². The number of aromatic nitrogens is 1. The summed E-state index contributed by atoms with van der Waals surface area (Å²) in [7, 11) is 1.78. The lowest BCUT2D eigenvalue weighted by Crippen LogP contribution is -2.31. The summed E-state index contributed by atoms with van der Waals surface area (Å²) >= 11 is 6.52. The molecule has 1 aromatic heterocycles. The molecule has 0 fully saturated rings. The molecule has 0 saturated heterocycles. The molecule has 0 saturated carbocycles. The lowest BCUT2D eigenvalue weighted by atomic mass is 10.0. The van der Waals surface area contributed by atoms with E-state index in [-0.39, 0.29) is 11.8 Å². The number of benzene rings is 1. The van der Waals surface area contributed by atoms with Crippen molar-refractivity contribution in [3.05, 3.63) is 38.3 Å². The van der Waals surface area contributed by atoms with Gasteiger partial charge in [0.05, 0.1) is 6.42 Å². The van der Waals surface area contributed by atoms with Crippen LogP contribution in [0.3, 0.4) is 0 Å². The molecule has 2 heterocycles. The van der Waals surface area contributed by atoms with Gasteiger partial charge in [-0.05, 0) is 49.3 Å². The topological polar surface area (TPSA) is 65.2 Å². The van der Waals surface area contributed by atoms with Crippen LogP contribution in [0, 0.1) is 10.9 Å². The third-order valence-electron chi connectivity index (χ3n) is 3.95. The highest BCUT2D eigenvalue weighted by atomic mass is 32.1. The summed E-state index contributed by atoms with van der Waals surface area (Å²) in [4.78, 5) is 29.6. The molecule has 5 nitrogen and oxygen atoms in total. The Labute approximate surface area is 143 Å². The SMILES string of the molecule is Cc1[nH]c(=S)sc1CC(=O)Nc1ccc2c(c1)CCC(=O)N2C. The number of aryl methyl sites for hydroxylation is 2. The average Bonchev–Trinajstić information content (AvgIpc) is 2.80. The number of carbonyl (C=O) groups excluding carboxylic acids is 2. The van der Waals surface area contributed by atoms with Gasteiger partial charge in [-0.1, -0.05) is 0 Å². The molecular formula is C16H17N3O2S2. The minimum atomic E-state index is -0.0708. The number of carbonyl (C=O) groups is 2. The molecule has 2 aromatic rings. The van der Waals surface area contributed by atoms with Gasteiger partial charge in [0, 0.05) is 35.4 Å². The summed E-state index contributed by atoms with van der Waals surface area (Å²) < 4.78 is 0.687. The van der Waals surface area contributed by atoms with Gasteiger partial charge >= 0.3 is 0 Å². The summed E-state index contributed by atoms with van der Waals surface area (Å²) in [5.74, 6) is 0.0527. The molecule has 1 aliphatic rings. The van der Waals surface area contributed by atoms with E-state index in [2.05, 4.69) is 10.3 Å². The van der Waals surface area contributed by atoms with Gasteiger partial charge in [0.25, 0.3) is 0 Å². The maximum absolute atomic E-state index is 12.2. The van der Waals surface area contributed by atoms with Crippen LogP contribution in [-0.2, 0) is 22.4 Å². The van der Waals surface area contributed by atoms with Gasteiger partial charge in [-0.25, -0.2) is 0 Å². The summed E-state index contributed by atoms with van der Waals surface area (Å²) in [5.41, 5.74) is 3.70. The monoisotopic (exact) mass is 347 g/mol. The third kappa shape index (κ3) is 3.35. The number of thiazole rings is 1. The molecule has 120 valence electrons. The molecular weight excluding hydrogens is 330 g/mol. The van der Waals surface area contributed by atoms with Crippen molar-refractivity contribution < 1.29 is 9.59 Å². The quantitative estimate of drug-likeness (QED) is 0.838. The molecule has 0 atom stereocenters. The second kappa shape index (κ2) is 6.25. The van der Waals surface area contributed by atoms with Crippen LogP contribution in [0.2, 0.25) is 0 Å². The summed E-state index contributed by atoms with van der Waals surface area (Å²) in [6.45, 7) is 1.92. The minimum absolute atomic E-state index is 0.0708. The number of amides is 2. The molecule has 0 spiro atoms. The largest absolute Gasteiger partial charge is 0.341 e. The Morgan fingerprint density at radius 1 is 1.43 bits per heavy atom. The Morgan fingerprint density at radius 3 is 2.91 bits per heavy atom. The zero-order valence-electron chi connectivity index (χ0n) is 12.9. The Balaban J connectivity index is 1.73. The Hall–Kier alpha value is -1.99. The summed E-state index contributed by atoms with van der Waals surface area (Å²) in [6.07, 6.45) is 1.52. The van der Waals surface area contributed by atoms with Crippen molar-refractivity contribution >= 4 is 46.7 Å². The van der Waals surface area contributed by atoms with Crippen LogP contribution < -0.4 is 10.2 Å². The second-order valence-electron chi connectivity index (χ2n) is 5.58. The normalized spacial score (nSPS) is 13.8. The number of aromatic amines is 1. The van der Waals surface area contributed by atoms with Crippen LogP contribution in [0.15, 0.2) is 18.2 Å². The fourth-order valence-electron chi connectivity index (χ4n) is 2.69. The molecule has 0 radical (unpaired) electrons. The Bertz CT molecular complexity index is 838. The molecule has 7 heteroatoms. The fourth-order valence-corrected chi connectivity index (χ4v) is 3.98. The Morgan fingerprint density at radius 2 is 2.22 bits per heavy atom. The van der Waals surface area contributed by atoms with E-state index in [1.165, 1.54) is 11.3 Å². The number of rotatable bonds is 3. The number of nitrogens with one attached hydrogen (secondary N) is 2. The van der Waals surface area contributed by atoms with E-state index in [4.69, 9.17) is 12.2 Å². The zero-order valence-corrected chi connectivity index (χ0v) is 14.6. The van der Waals surface area contributed by atoms with Crippen molar-refractivity contribution in [2.45, 2.75) is 26.2 Å². The van der Waals surface area contributed by atoms with Crippen molar-refractivity contribution in [1.29, 1.82) is 0 Å². The molecule has 1 aliphatic heterocycles. The number of hydrogen-bond donors (Lipinski definition) is 2. The van der Waals surface area contributed by atoms with Crippen LogP contribution in [0.5, 0.6) is 0 Å². The van der Waals surface area contributed by atoms with Crippen LogP contribution in [0.4, 0.5) is 11.4 Å². The van der Waals surface area contributed by atoms with E-state index < -0.39 is 0 Å². The standard InChI is InChI=1S/C16H17N3O2S2/c1-9-13(23-16(22)17-9)8-14(20)18-11-4-5-12-10(7-11)3-6-15(21)19(12)2/h4-5,7H,3,6,8H2,1-2H3,(H,17,22)(H,18,20).